The average Bonchev–Trinajstić information content (AvgIpc) is 3.08. The van der Waals surface area contributed by atoms with Gasteiger partial charge in [0.15, 0.2) is 0 Å². The van der Waals surface area contributed by atoms with Gasteiger partial charge < -0.3 is 10.4 Å². The fraction of sp³-hybridized carbons (Fsp3) is 0.571. The number of hydrogen-bond donors (Lipinski definition) is 2. The molecule has 1 aromatic carbocycles. The lowest BCUT2D eigenvalue weighted by atomic mass is 10.0. The lowest BCUT2D eigenvalue weighted by molar-refractivity contribution is 0.279. The van der Waals surface area contributed by atoms with Crippen molar-refractivity contribution in [3.8, 4) is 0 Å². The number of nitrogens with one attached hydrogen (secondary N) is 1. The summed E-state index contributed by atoms with van der Waals surface area (Å²) in [7, 11) is 0. The van der Waals surface area contributed by atoms with Crippen molar-refractivity contribution in [2.24, 2.45) is 5.92 Å². The van der Waals surface area contributed by atoms with E-state index in [1.165, 1.54) is 24.0 Å². The van der Waals surface area contributed by atoms with Crippen LogP contribution in [0.25, 0.3) is 0 Å². The highest BCUT2D eigenvalue weighted by molar-refractivity contribution is 5.23. The molecule has 1 aliphatic rings. The molecule has 1 saturated carbocycles. The highest BCUT2D eigenvalue weighted by Crippen LogP contribution is 2.34. The molecule has 1 fully saturated rings. The maximum atomic E-state index is 8.87. The topological polar surface area (TPSA) is 32.3 Å². The molecule has 2 nitrogen and oxygen atoms in total. The van der Waals surface area contributed by atoms with Crippen LogP contribution in [-0.4, -0.2) is 24.3 Å². The second-order valence-corrected chi connectivity index (χ2v) is 4.81. The lowest BCUT2D eigenvalue weighted by Gasteiger charge is -2.18. The van der Waals surface area contributed by atoms with Crippen LogP contribution in [-0.2, 0) is 6.42 Å². The summed E-state index contributed by atoms with van der Waals surface area (Å²) in [5.41, 5.74) is 2.73. The van der Waals surface area contributed by atoms with Crippen molar-refractivity contribution in [2.45, 2.75) is 32.2 Å². The van der Waals surface area contributed by atoms with Gasteiger partial charge in [-0.3, -0.25) is 0 Å². The third-order valence-corrected chi connectivity index (χ3v) is 3.25. The Morgan fingerprint density at radius 3 is 2.88 bits per heavy atom. The summed E-state index contributed by atoms with van der Waals surface area (Å²) >= 11 is 0. The Labute approximate surface area is 97.7 Å². The first-order valence-electron chi connectivity index (χ1n) is 6.19. The number of aliphatic hydroxyl groups is 1. The second-order valence-electron chi connectivity index (χ2n) is 4.81. The molecule has 2 rings (SSSR count). The molecule has 88 valence electrons. The monoisotopic (exact) mass is 219 g/mol. The molecule has 1 aromatic rings. The van der Waals surface area contributed by atoms with Crippen LogP contribution >= 0.6 is 0 Å². The van der Waals surface area contributed by atoms with E-state index in [-0.39, 0.29) is 6.61 Å². The molecule has 1 aliphatic carbocycles. The van der Waals surface area contributed by atoms with Crippen LogP contribution < -0.4 is 5.32 Å². The van der Waals surface area contributed by atoms with Crippen molar-refractivity contribution in [3.05, 3.63) is 35.4 Å². The van der Waals surface area contributed by atoms with Crippen LogP contribution in [0.15, 0.2) is 24.3 Å². The molecule has 1 atom stereocenters. The van der Waals surface area contributed by atoms with E-state index in [9.17, 15) is 0 Å². The zero-order valence-electron chi connectivity index (χ0n) is 9.95. The molecule has 0 spiro atoms. The van der Waals surface area contributed by atoms with Crippen LogP contribution in [0.5, 0.6) is 0 Å². The van der Waals surface area contributed by atoms with Gasteiger partial charge in [-0.2, -0.15) is 0 Å². The summed E-state index contributed by atoms with van der Waals surface area (Å²) in [6.07, 6.45) is 3.77. The molecular weight excluding hydrogens is 198 g/mol. The Morgan fingerprint density at radius 1 is 1.44 bits per heavy atom. The number of hydrogen-bond acceptors (Lipinski definition) is 2. The normalized spacial score (nSPS) is 17.4. The maximum Gasteiger partial charge on any atom is 0.0556 e. The van der Waals surface area contributed by atoms with Gasteiger partial charge in [0.2, 0.25) is 0 Å². The van der Waals surface area contributed by atoms with E-state index >= 15 is 0 Å². The molecule has 0 aliphatic heterocycles. The predicted octanol–water partition coefficient (Wildman–Crippen LogP) is 1.90. The van der Waals surface area contributed by atoms with Crippen molar-refractivity contribution in [1.29, 1.82) is 0 Å². The molecule has 0 bridgehead atoms. The predicted molar refractivity (Wildman–Crippen MR) is 66.5 cm³/mol. The van der Waals surface area contributed by atoms with Gasteiger partial charge in [-0.05, 0) is 37.7 Å². The van der Waals surface area contributed by atoms with E-state index < -0.39 is 0 Å². The van der Waals surface area contributed by atoms with Crippen LogP contribution in [0, 0.1) is 12.8 Å². The first-order chi connectivity index (χ1) is 7.79. The van der Waals surface area contributed by atoms with Crippen molar-refractivity contribution in [2.75, 3.05) is 13.2 Å². The highest BCUT2D eigenvalue weighted by Gasteiger charge is 2.30. The second kappa shape index (κ2) is 5.46. The molecule has 2 N–H and O–H groups in total. The van der Waals surface area contributed by atoms with E-state index in [1.54, 1.807) is 0 Å². The largest absolute Gasteiger partial charge is 0.395 e. The molecule has 0 radical (unpaired) electrons. The number of benzene rings is 1. The third kappa shape index (κ3) is 3.32. The van der Waals surface area contributed by atoms with Crippen LogP contribution in [0.1, 0.15) is 24.0 Å². The summed E-state index contributed by atoms with van der Waals surface area (Å²) < 4.78 is 0. The molecule has 0 heterocycles. The zero-order chi connectivity index (χ0) is 11.4. The van der Waals surface area contributed by atoms with Gasteiger partial charge in [-0.15, -0.1) is 0 Å². The van der Waals surface area contributed by atoms with Gasteiger partial charge in [0.05, 0.1) is 6.61 Å². The van der Waals surface area contributed by atoms with E-state index in [0.29, 0.717) is 12.6 Å². The van der Waals surface area contributed by atoms with Crippen LogP contribution in [0.2, 0.25) is 0 Å². The smallest absolute Gasteiger partial charge is 0.0556 e. The summed E-state index contributed by atoms with van der Waals surface area (Å²) in [5, 5.41) is 12.3. The van der Waals surface area contributed by atoms with Gasteiger partial charge in [0.25, 0.3) is 0 Å². The van der Waals surface area contributed by atoms with Crippen LogP contribution in [0.3, 0.4) is 0 Å². The maximum absolute atomic E-state index is 8.87. The summed E-state index contributed by atoms with van der Waals surface area (Å²) in [6, 6.07) is 9.27. The zero-order valence-corrected chi connectivity index (χ0v) is 9.95. The van der Waals surface area contributed by atoms with Gasteiger partial charge in [0.1, 0.15) is 0 Å². The molecule has 1 unspecified atom stereocenters. The average molecular weight is 219 g/mol. The fourth-order valence-electron chi connectivity index (χ4n) is 2.25. The molecule has 16 heavy (non-hydrogen) atoms. The van der Waals surface area contributed by atoms with E-state index in [4.69, 9.17) is 5.11 Å². The fourth-order valence-corrected chi connectivity index (χ4v) is 2.25. The molecule has 0 amide bonds. The molecule has 2 heteroatoms. The Hall–Kier alpha value is -0.860. The SMILES string of the molecule is Cc1cccc(CC(NCCO)C2CC2)c1. The van der Waals surface area contributed by atoms with Crippen LogP contribution in [0.4, 0.5) is 0 Å². The third-order valence-electron chi connectivity index (χ3n) is 3.25. The van der Waals surface area contributed by atoms with Gasteiger partial charge in [-0.25, -0.2) is 0 Å². The first-order valence-corrected chi connectivity index (χ1v) is 6.19. The molecular formula is C14H21NO. The van der Waals surface area contributed by atoms with Crippen molar-refractivity contribution >= 4 is 0 Å². The van der Waals surface area contributed by atoms with Gasteiger partial charge >= 0.3 is 0 Å². The molecule has 0 aromatic heterocycles. The van der Waals surface area contributed by atoms with Crippen molar-refractivity contribution in [3.63, 3.8) is 0 Å². The minimum absolute atomic E-state index is 0.233. The first kappa shape index (κ1) is 11.6. The number of rotatable bonds is 6. The highest BCUT2D eigenvalue weighted by atomic mass is 16.3. The van der Waals surface area contributed by atoms with E-state index in [0.717, 1.165) is 12.3 Å². The Balaban J connectivity index is 1.94. The lowest BCUT2D eigenvalue weighted by Crippen LogP contribution is -2.35. The summed E-state index contributed by atoms with van der Waals surface area (Å²) in [6.45, 7) is 3.08. The number of aryl methyl sites for hydroxylation is 1. The van der Waals surface area contributed by atoms with E-state index in [1.807, 2.05) is 0 Å². The standard InChI is InChI=1S/C14H21NO/c1-11-3-2-4-12(9-11)10-14(13-5-6-13)15-7-8-16/h2-4,9,13-16H,5-8,10H2,1H3. The quantitative estimate of drug-likeness (QED) is 0.766. The minimum Gasteiger partial charge on any atom is -0.395 e. The van der Waals surface area contributed by atoms with Crippen molar-refractivity contribution < 1.29 is 5.11 Å². The van der Waals surface area contributed by atoms with Crippen molar-refractivity contribution in [1.82, 2.24) is 5.32 Å². The van der Waals surface area contributed by atoms with Gasteiger partial charge in [-0.1, -0.05) is 29.8 Å². The Morgan fingerprint density at radius 2 is 2.25 bits per heavy atom. The van der Waals surface area contributed by atoms with E-state index in [2.05, 4.69) is 36.5 Å². The summed E-state index contributed by atoms with van der Waals surface area (Å²) in [5.74, 6) is 0.826. The Kier molecular flexibility index (Phi) is 3.97. The number of aliphatic hydroxyl groups excluding tert-OH is 1. The summed E-state index contributed by atoms with van der Waals surface area (Å²) in [4.78, 5) is 0. The van der Waals surface area contributed by atoms with Gasteiger partial charge in [0, 0.05) is 12.6 Å². The Bertz CT molecular complexity index is 333. The molecule has 0 saturated heterocycles. The minimum atomic E-state index is 0.233.